The predicted molar refractivity (Wildman–Crippen MR) is 49.8 cm³/mol. The number of hydrogen-bond donors (Lipinski definition) is 0. The van der Waals surface area contributed by atoms with Crippen molar-refractivity contribution < 1.29 is 0 Å². The Bertz CT molecular complexity index is 35.4. The normalized spacial score (nSPS) is 11.2. The van der Waals surface area contributed by atoms with Crippen molar-refractivity contribution in [1.82, 2.24) is 0 Å². The fraction of sp³-hybridized carbons (Fsp3) is 1.00. The maximum atomic E-state index is 2.38. The van der Waals surface area contributed by atoms with E-state index in [0.29, 0.717) is 9.52 Å². The van der Waals surface area contributed by atoms with Crippen LogP contribution in [-0.4, -0.2) is 21.5 Å². The molecule has 0 N–H and O–H groups in total. The van der Waals surface area contributed by atoms with Gasteiger partial charge < -0.3 is 0 Å². The molecule has 0 saturated carbocycles. The lowest BCUT2D eigenvalue weighted by Gasteiger charge is -1.92. The van der Waals surface area contributed by atoms with Gasteiger partial charge in [-0.1, -0.05) is 34.2 Å². The summed E-state index contributed by atoms with van der Waals surface area (Å²) in [6.07, 6.45) is 3.60. The molecule has 0 aromatic rings. The van der Waals surface area contributed by atoms with E-state index in [-0.39, 0.29) is 0 Å². The van der Waals surface area contributed by atoms with Crippen LogP contribution in [0.1, 0.15) is 6.42 Å². The fourth-order valence-corrected chi connectivity index (χ4v) is 2.95. The summed E-state index contributed by atoms with van der Waals surface area (Å²) in [6.45, 7) is 2.38. The van der Waals surface area contributed by atoms with E-state index in [1.165, 1.54) is 18.2 Å². The highest BCUT2D eigenvalue weighted by atomic mass is 33.1. The van der Waals surface area contributed by atoms with Gasteiger partial charge in [0.25, 0.3) is 0 Å². The minimum Gasteiger partial charge on any atom is -0.0976 e. The van der Waals surface area contributed by atoms with Gasteiger partial charge in [0, 0.05) is 15.3 Å². The zero-order chi connectivity index (χ0) is 6.24. The van der Waals surface area contributed by atoms with Crippen LogP contribution < -0.4 is 0 Å². The Morgan fingerprint density at radius 1 is 1.50 bits per heavy atom. The SMILES string of the molecule is C[SiH2]CCCSSC. The van der Waals surface area contributed by atoms with Crippen LogP contribution in [0.15, 0.2) is 0 Å². The zero-order valence-corrected chi connectivity index (χ0v) is 8.69. The summed E-state index contributed by atoms with van der Waals surface area (Å²) in [5, 5.41) is 0. The van der Waals surface area contributed by atoms with Crippen molar-refractivity contribution in [3.8, 4) is 0 Å². The molecule has 0 aliphatic carbocycles. The summed E-state index contributed by atoms with van der Waals surface area (Å²) in [5.74, 6) is 1.36. The quantitative estimate of drug-likeness (QED) is 0.348. The lowest BCUT2D eigenvalue weighted by atomic mass is 10.6. The van der Waals surface area contributed by atoms with Gasteiger partial charge >= 0.3 is 0 Å². The topological polar surface area (TPSA) is 0 Å². The summed E-state index contributed by atoms with van der Waals surface area (Å²) < 4.78 is 0. The van der Waals surface area contributed by atoms with Crippen molar-refractivity contribution in [3.63, 3.8) is 0 Å². The Morgan fingerprint density at radius 2 is 2.25 bits per heavy atom. The summed E-state index contributed by atoms with van der Waals surface area (Å²) in [6, 6.07) is 1.54. The van der Waals surface area contributed by atoms with Crippen molar-refractivity contribution in [2.45, 2.75) is 19.0 Å². The van der Waals surface area contributed by atoms with Gasteiger partial charge in [0.1, 0.15) is 0 Å². The second-order valence-electron chi connectivity index (χ2n) is 1.70. The average molecular weight is 166 g/mol. The molecule has 0 rings (SSSR count). The van der Waals surface area contributed by atoms with E-state index in [4.69, 9.17) is 0 Å². The Balaban J connectivity index is 2.53. The first-order valence-corrected chi connectivity index (χ1v) is 8.21. The first kappa shape index (κ1) is 8.92. The molecular formula is C5H14S2Si. The third-order valence-electron chi connectivity index (χ3n) is 0.949. The molecule has 8 heavy (non-hydrogen) atoms. The standard InChI is InChI=1S/C5H14S2Si/c1-6-7-4-3-5-8-2/h3-5,8H2,1-2H3. The predicted octanol–water partition coefficient (Wildman–Crippen LogP) is 2.02. The lowest BCUT2D eigenvalue weighted by Crippen LogP contribution is -1.81. The summed E-state index contributed by atoms with van der Waals surface area (Å²) in [4.78, 5) is 0. The van der Waals surface area contributed by atoms with Crippen molar-refractivity contribution in [3.05, 3.63) is 0 Å². The van der Waals surface area contributed by atoms with E-state index in [1.54, 1.807) is 0 Å². The van der Waals surface area contributed by atoms with Crippen molar-refractivity contribution in [2.24, 2.45) is 0 Å². The highest BCUT2D eigenvalue weighted by Crippen LogP contribution is 2.17. The van der Waals surface area contributed by atoms with E-state index in [2.05, 4.69) is 12.8 Å². The highest BCUT2D eigenvalue weighted by molar-refractivity contribution is 8.76. The van der Waals surface area contributed by atoms with E-state index >= 15 is 0 Å². The Morgan fingerprint density at radius 3 is 2.75 bits per heavy atom. The molecule has 0 fully saturated rings. The van der Waals surface area contributed by atoms with Gasteiger partial charge in [-0.3, -0.25) is 0 Å². The summed E-state index contributed by atoms with van der Waals surface area (Å²) >= 11 is 0. The molecule has 3 heteroatoms. The summed E-state index contributed by atoms with van der Waals surface area (Å²) in [7, 11) is 4.23. The monoisotopic (exact) mass is 166 g/mol. The maximum absolute atomic E-state index is 2.38. The molecule has 0 aromatic heterocycles. The van der Waals surface area contributed by atoms with Crippen LogP contribution in [0.5, 0.6) is 0 Å². The molecular weight excluding hydrogens is 152 g/mol. The highest BCUT2D eigenvalue weighted by Gasteiger charge is 1.84. The summed E-state index contributed by atoms with van der Waals surface area (Å²) in [5.41, 5.74) is 0. The Hall–Kier alpha value is 0.917. The largest absolute Gasteiger partial charge is 0.0976 e. The van der Waals surface area contributed by atoms with Crippen LogP contribution in [0.2, 0.25) is 12.6 Å². The van der Waals surface area contributed by atoms with Gasteiger partial charge in [0.2, 0.25) is 0 Å². The Labute approximate surface area is 62.4 Å². The number of hydrogen-bond acceptors (Lipinski definition) is 2. The van der Waals surface area contributed by atoms with Gasteiger partial charge in [-0.2, -0.15) is 0 Å². The van der Waals surface area contributed by atoms with Crippen LogP contribution in [0.3, 0.4) is 0 Å². The molecule has 0 bridgehead atoms. The van der Waals surface area contributed by atoms with Gasteiger partial charge in [0.15, 0.2) is 0 Å². The van der Waals surface area contributed by atoms with Crippen molar-refractivity contribution in [2.75, 3.05) is 12.0 Å². The number of rotatable bonds is 5. The fourth-order valence-electron chi connectivity index (χ4n) is 0.494. The van der Waals surface area contributed by atoms with E-state index in [1.807, 2.05) is 21.6 Å². The first-order chi connectivity index (χ1) is 3.91. The average Bonchev–Trinajstić information content (AvgIpc) is 1.81. The smallest absolute Gasteiger partial charge is 0.0167 e. The van der Waals surface area contributed by atoms with Crippen LogP contribution in [0.4, 0.5) is 0 Å². The molecule has 0 radical (unpaired) electrons. The third kappa shape index (κ3) is 6.92. The van der Waals surface area contributed by atoms with Crippen LogP contribution >= 0.6 is 21.6 Å². The van der Waals surface area contributed by atoms with Gasteiger partial charge in [0.05, 0.1) is 0 Å². The zero-order valence-electron chi connectivity index (χ0n) is 5.64. The molecule has 0 nitrogen and oxygen atoms in total. The van der Waals surface area contributed by atoms with E-state index < -0.39 is 0 Å². The van der Waals surface area contributed by atoms with Gasteiger partial charge in [-0.25, -0.2) is 0 Å². The molecule has 0 spiro atoms. The second kappa shape index (κ2) is 7.92. The molecule has 0 amide bonds. The molecule has 0 atom stereocenters. The third-order valence-corrected chi connectivity index (χ3v) is 4.05. The molecule has 0 aliphatic heterocycles. The molecule has 0 aromatic carbocycles. The van der Waals surface area contributed by atoms with Crippen molar-refractivity contribution >= 4 is 31.1 Å². The molecule has 0 unspecified atom stereocenters. The van der Waals surface area contributed by atoms with Crippen LogP contribution in [0.25, 0.3) is 0 Å². The Kier molecular flexibility index (Phi) is 8.82. The second-order valence-corrected chi connectivity index (χ2v) is 6.09. The van der Waals surface area contributed by atoms with Crippen molar-refractivity contribution in [1.29, 1.82) is 0 Å². The van der Waals surface area contributed by atoms with E-state index in [9.17, 15) is 0 Å². The van der Waals surface area contributed by atoms with Crippen LogP contribution in [0, 0.1) is 0 Å². The lowest BCUT2D eigenvalue weighted by molar-refractivity contribution is 1.10. The first-order valence-electron chi connectivity index (χ1n) is 3.07. The minimum absolute atomic E-state index is 0.363. The maximum Gasteiger partial charge on any atom is 0.0167 e. The van der Waals surface area contributed by atoms with E-state index in [0.717, 1.165) is 0 Å². The minimum atomic E-state index is 0.363. The van der Waals surface area contributed by atoms with Gasteiger partial charge in [-0.05, 0) is 12.7 Å². The molecule has 0 aliphatic rings. The molecule has 50 valence electrons. The van der Waals surface area contributed by atoms with Crippen LogP contribution in [-0.2, 0) is 0 Å². The van der Waals surface area contributed by atoms with Gasteiger partial charge in [-0.15, -0.1) is 0 Å². The molecule has 0 saturated heterocycles. The molecule has 0 heterocycles.